The predicted octanol–water partition coefficient (Wildman–Crippen LogP) is 6.24. The van der Waals surface area contributed by atoms with E-state index in [4.69, 9.17) is 24.1 Å². The number of hydrogen-bond acceptors (Lipinski definition) is 7. The van der Waals surface area contributed by atoms with Crippen molar-refractivity contribution in [1.82, 2.24) is 19.5 Å². The number of rotatable bonds is 10. The van der Waals surface area contributed by atoms with Crippen molar-refractivity contribution in [3.05, 3.63) is 78.6 Å². The molecule has 0 bridgehead atoms. The minimum absolute atomic E-state index is 0.665. The number of anilines is 1. The average molecular weight is 486 g/mol. The predicted molar refractivity (Wildman–Crippen MR) is 141 cm³/mol. The Morgan fingerprint density at radius 1 is 0.971 bits per heavy atom. The number of aryl methyl sites for hydroxylation is 1. The van der Waals surface area contributed by atoms with Crippen LogP contribution in [0.2, 0.25) is 0 Å². The maximum absolute atomic E-state index is 5.73. The van der Waals surface area contributed by atoms with Crippen molar-refractivity contribution < 1.29 is 9.15 Å². The lowest BCUT2D eigenvalue weighted by molar-refractivity contribution is 0.415. The number of furan rings is 1. The van der Waals surface area contributed by atoms with E-state index in [1.807, 2.05) is 47.0 Å². The van der Waals surface area contributed by atoms with E-state index < -0.39 is 0 Å². The van der Waals surface area contributed by atoms with Crippen molar-refractivity contribution in [1.29, 1.82) is 0 Å². The SMILES string of the molecule is CCNc1nc(SCCCc2ccccc2)nc2c1nc(-c1ccco1)n2-c1ccc(OC)cc1. The maximum Gasteiger partial charge on any atom is 0.191 e. The molecule has 0 atom stereocenters. The summed E-state index contributed by atoms with van der Waals surface area (Å²) in [5, 5.41) is 4.10. The molecule has 0 fully saturated rings. The Bertz CT molecular complexity index is 1380. The van der Waals surface area contributed by atoms with E-state index in [0.717, 1.165) is 53.2 Å². The van der Waals surface area contributed by atoms with Crippen LogP contribution in [0.25, 0.3) is 28.4 Å². The van der Waals surface area contributed by atoms with Crippen molar-refractivity contribution in [3.63, 3.8) is 0 Å². The highest BCUT2D eigenvalue weighted by atomic mass is 32.2. The zero-order valence-electron chi connectivity index (χ0n) is 19.8. The van der Waals surface area contributed by atoms with Crippen molar-refractivity contribution in [2.45, 2.75) is 24.9 Å². The van der Waals surface area contributed by atoms with Crippen LogP contribution in [0.3, 0.4) is 0 Å². The number of imidazole rings is 1. The van der Waals surface area contributed by atoms with Gasteiger partial charge in [-0.15, -0.1) is 0 Å². The standard InChI is InChI=1S/C27H27N5O2S/c1-3-28-24-23-26(31-27(30-24)35-18-8-11-19-9-5-4-6-10-19)32(20-13-15-21(33-2)16-14-20)25(29-23)22-12-7-17-34-22/h4-7,9-10,12-17H,3,8,11,18H2,1-2H3,(H,28,30,31). The lowest BCUT2D eigenvalue weighted by atomic mass is 10.1. The van der Waals surface area contributed by atoms with Gasteiger partial charge in [0.25, 0.3) is 0 Å². The maximum atomic E-state index is 5.73. The molecule has 0 saturated carbocycles. The number of hydrogen-bond donors (Lipinski definition) is 1. The first-order valence-electron chi connectivity index (χ1n) is 11.7. The summed E-state index contributed by atoms with van der Waals surface area (Å²) in [5.41, 5.74) is 3.71. The van der Waals surface area contributed by atoms with E-state index in [-0.39, 0.29) is 0 Å². The van der Waals surface area contributed by atoms with Gasteiger partial charge in [-0.2, -0.15) is 0 Å². The van der Waals surface area contributed by atoms with E-state index >= 15 is 0 Å². The number of ether oxygens (including phenoxy) is 1. The minimum Gasteiger partial charge on any atom is -0.497 e. The van der Waals surface area contributed by atoms with Gasteiger partial charge in [0.2, 0.25) is 0 Å². The molecule has 2 aromatic carbocycles. The van der Waals surface area contributed by atoms with E-state index in [0.29, 0.717) is 17.1 Å². The van der Waals surface area contributed by atoms with Crippen LogP contribution in [-0.2, 0) is 6.42 Å². The van der Waals surface area contributed by atoms with Gasteiger partial charge < -0.3 is 14.5 Å². The van der Waals surface area contributed by atoms with Gasteiger partial charge in [-0.05, 0) is 61.7 Å². The quantitative estimate of drug-likeness (QED) is 0.142. The van der Waals surface area contributed by atoms with Crippen molar-refractivity contribution in [2.24, 2.45) is 0 Å². The third-order valence-electron chi connectivity index (χ3n) is 5.59. The summed E-state index contributed by atoms with van der Waals surface area (Å²) in [6.45, 7) is 2.78. The zero-order chi connectivity index (χ0) is 24.0. The van der Waals surface area contributed by atoms with Crippen LogP contribution in [0.1, 0.15) is 18.9 Å². The number of methoxy groups -OCH3 is 1. The molecular formula is C27H27N5O2S. The molecule has 0 aliphatic carbocycles. The summed E-state index contributed by atoms with van der Waals surface area (Å²) >= 11 is 1.66. The highest BCUT2D eigenvalue weighted by Gasteiger charge is 2.21. The fraction of sp³-hybridized carbons (Fsp3) is 0.222. The third kappa shape index (κ3) is 5.02. The van der Waals surface area contributed by atoms with Crippen LogP contribution < -0.4 is 10.1 Å². The van der Waals surface area contributed by atoms with Gasteiger partial charge in [0.05, 0.1) is 13.4 Å². The second-order valence-electron chi connectivity index (χ2n) is 7.94. The Hall–Kier alpha value is -3.78. The van der Waals surface area contributed by atoms with E-state index in [1.54, 1.807) is 25.1 Å². The lowest BCUT2D eigenvalue weighted by Crippen LogP contribution is -2.04. The number of benzene rings is 2. The molecule has 8 heteroatoms. The molecule has 0 amide bonds. The summed E-state index contributed by atoms with van der Waals surface area (Å²) in [6, 6.07) is 22.2. The first-order valence-corrected chi connectivity index (χ1v) is 12.6. The van der Waals surface area contributed by atoms with Crippen LogP contribution >= 0.6 is 11.8 Å². The lowest BCUT2D eigenvalue weighted by Gasteiger charge is -2.10. The molecule has 0 aliphatic heterocycles. The van der Waals surface area contributed by atoms with Gasteiger partial charge >= 0.3 is 0 Å². The molecule has 0 aliphatic rings. The Morgan fingerprint density at radius 2 is 1.80 bits per heavy atom. The first-order chi connectivity index (χ1) is 17.3. The van der Waals surface area contributed by atoms with Crippen LogP contribution in [0, 0.1) is 0 Å². The molecule has 3 aromatic heterocycles. The average Bonchev–Trinajstić information content (AvgIpc) is 3.56. The molecular weight excluding hydrogens is 458 g/mol. The summed E-state index contributed by atoms with van der Waals surface area (Å²) in [7, 11) is 1.66. The topological polar surface area (TPSA) is 78.0 Å². The van der Waals surface area contributed by atoms with Crippen LogP contribution in [-0.4, -0.2) is 38.9 Å². The fourth-order valence-corrected chi connectivity index (χ4v) is 4.70. The first kappa shape index (κ1) is 23.0. The van der Waals surface area contributed by atoms with Crippen LogP contribution in [0.4, 0.5) is 5.82 Å². The molecule has 1 N–H and O–H groups in total. The molecule has 0 radical (unpaired) electrons. The summed E-state index contributed by atoms with van der Waals surface area (Å²) in [4.78, 5) is 14.7. The zero-order valence-corrected chi connectivity index (χ0v) is 20.6. The van der Waals surface area contributed by atoms with Gasteiger partial charge in [-0.25, -0.2) is 15.0 Å². The van der Waals surface area contributed by atoms with Crippen molar-refractivity contribution in [3.8, 4) is 23.0 Å². The summed E-state index contributed by atoms with van der Waals surface area (Å²) in [6.07, 6.45) is 3.72. The van der Waals surface area contributed by atoms with Crippen LogP contribution in [0.5, 0.6) is 5.75 Å². The normalized spacial score (nSPS) is 11.1. The van der Waals surface area contributed by atoms with Gasteiger partial charge in [0.15, 0.2) is 33.7 Å². The van der Waals surface area contributed by atoms with Gasteiger partial charge in [-0.1, -0.05) is 42.1 Å². The largest absolute Gasteiger partial charge is 0.497 e. The third-order valence-corrected chi connectivity index (χ3v) is 6.52. The Balaban J connectivity index is 1.53. The molecule has 3 heterocycles. The molecule has 178 valence electrons. The smallest absolute Gasteiger partial charge is 0.191 e. The molecule has 0 spiro atoms. The van der Waals surface area contributed by atoms with E-state index in [9.17, 15) is 0 Å². The van der Waals surface area contributed by atoms with Gasteiger partial charge in [-0.3, -0.25) is 4.57 Å². The van der Waals surface area contributed by atoms with Crippen molar-refractivity contribution >= 4 is 28.7 Å². The molecule has 0 unspecified atom stereocenters. The number of nitrogens with one attached hydrogen (secondary N) is 1. The monoisotopic (exact) mass is 485 g/mol. The molecule has 5 rings (SSSR count). The number of nitrogens with zero attached hydrogens (tertiary/aromatic N) is 4. The second-order valence-corrected chi connectivity index (χ2v) is 9.00. The summed E-state index contributed by atoms with van der Waals surface area (Å²) < 4.78 is 13.1. The second kappa shape index (κ2) is 10.7. The van der Waals surface area contributed by atoms with E-state index in [2.05, 4.69) is 36.5 Å². The fourth-order valence-electron chi connectivity index (χ4n) is 3.92. The highest BCUT2D eigenvalue weighted by molar-refractivity contribution is 7.99. The number of fused-ring (bicyclic) bond motifs is 1. The molecule has 0 saturated heterocycles. The molecule has 35 heavy (non-hydrogen) atoms. The molecule has 7 nitrogen and oxygen atoms in total. The Kier molecular flexibility index (Phi) is 6.99. The number of aromatic nitrogens is 4. The van der Waals surface area contributed by atoms with Crippen LogP contribution in [0.15, 0.2) is 82.6 Å². The van der Waals surface area contributed by atoms with Gasteiger partial charge in [0, 0.05) is 18.0 Å². The van der Waals surface area contributed by atoms with Gasteiger partial charge in [0.1, 0.15) is 5.75 Å². The molecule has 5 aromatic rings. The van der Waals surface area contributed by atoms with Crippen molar-refractivity contribution in [2.75, 3.05) is 24.7 Å². The highest BCUT2D eigenvalue weighted by Crippen LogP contribution is 2.33. The van der Waals surface area contributed by atoms with E-state index in [1.165, 1.54) is 5.56 Å². The Labute approximate surface area is 208 Å². The Morgan fingerprint density at radius 3 is 2.51 bits per heavy atom. The summed E-state index contributed by atoms with van der Waals surface area (Å²) in [5.74, 6) is 3.78. The minimum atomic E-state index is 0.665. The number of thioether (sulfide) groups is 1.